The number of fused-ring (bicyclic) bond motifs is 2. The van der Waals surface area contributed by atoms with E-state index < -0.39 is 15.8 Å². The van der Waals surface area contributed by atoms with Crippen LogP contribution in [-0.4, -0.2) is 40.8 Å². The Labute approximate surface area is 162 Å². The van der Waals surface area contributed by atoms with Gasteiger partial charge in [0, 0.05) is 42.9 Å². The predicted octanol–water partition coefficient (Wildman–Crippen LogP) is 1.80. The van der Waals surface area contributed by atoms with E-state index in [-0.39, 0.29) is 29.7 Å². The van der Waals surface area contributed by atoms with Crippen molar-refractivity contribution in [1.82, 2.24) is 14.1 Å². The Bertz CT molecular complexity index is 1030. The number of nitrogens with zero attached hydrogens (tertiary/aromatic N) is 3. The molecule has 150 valence electrons. The predicted molar refractivity (Wildman–Crippen MR) is 98.8 cm³/mol. The van der Waals surface area contributed by atoms with Gasteiger partial charge in [-0.25, -0.2) is 17.2 Å². The third-order valence-electron chi connectivity index (χ3n) is 6.53. The zero-order valence-corrected chi connectivity index (χ0v) is 16.2. The summed E-state index contributed by atoms with van der Waals surface area (Å²) in [5, 5.41) is 4.21. The lowest BCUT2D eigenvalue weighted by atomic mass is 9.77. The molecular weight excluding hydrogens is 386 g/mol. The van der Waals surface area contributed by atoms with E-state index in [4.69, 9.17) is 5.73 Å². The molecular formula is C19H22F2N4O2S. The highest BCUT2D eigenvalue weighted by Gasteiger charge is 2.56. The Morgan fingerprint density at radius 3 is 2.68 bits per heavy atom. The van der Waals surface area contributed by atoms with E-state index in [1.54, 1.807) is 6.20 Å². The van der Waals surface area contributed by atoms with Crippen molar-refractivity contribution >= 4 is 10.0 Å². The van der Waals surface area contributed by atoms with Gasteiger partial charge in [0.2, 0.25) is 0 Å². The van der Waals surface area contributed by atoms with Crippen molar-refractivity contribution < 1.29 is 17.2 Å². The average Bonchev–Trinajstić information content (AvgIpc) is 3.11. The van der Waals surface area contributed by atoms with Crippen molar-refractivity contribution in [3.05, 3.63) is 52.9 Å². The smallest absolute Gasteiger partial charge is 0.250 e. The molecule has 2 saturated carbocycles. The van der Waals surface area contributed by atoms with Crippen molar-refractivity contribution in [2.24, 2.45) is 17.6 Å². The Morgan fingerprint density at radius 2 is 1.96 bits per heavy atom. The maximum atomic E-state index is 14.3. The molecule has 5 atom stereocenters. The topological polar surface area (TPSA) is 81.2 Å². The van der Waals surface area contributed by atoms with E-state index in [0.29, 0.717) is 31.0 Å². The number of rotatable bonds is 3. The zero-order chi connectivity index (χ0) is 19.8. The van der Waals surface area contributed by atoms with Gasteiger partial charge >= 0.3 is 0 Å². The molecule has 9 heteroatoms. The zero-order valence-electron chi connectivity index (χ0n) is 15.4. The average molecular weight is 408 g/mol. The number of nitrogens with two attached hydrogens (primary N) is 1. The summed E-state index contributed by atoms with van der Waals surface area (Å²) in [6, 6.07) is 3.62. The molecule has 1 aromatic heterocycles. The molecule has 0 saturated heterocycles. The Kier molecular flexibility index (Phi) is 3.95. The van der Waals surface area contributed by atoms with Crippen LogP contribution in [0.4, 0.5) is 8.78 Å². The van der Waals surface area contributed by atoms with Crippen molar-refractivity contribution in [3.8, 4) is 0 Å². The second-order valence-corrected chi connectivity index (χ2v) is 10.2. The Balaban J connectivity index is 1.34. The summed E-state index contributed by atoms with van der Waals surface area (Å²) in [4.78, 5) is 2.30. The van der Waals surface area contributed by atoms with Crippen molar-refractivity contribution in [2.45, 2.75) is 43.9 Å². The van der Waals surface area contributed by atoms with Gasteiger partial charge in [-0.1, -0.05) is 0 Å². The van der Waals surface area contributed by atoms with E-state index in [0.717, 1.165) is 34.1 Å². The van der Waals surface area contributed by atoms with Gasteiger partial charge in [0.15, 0.2) is 0 Å². The molecule has 0 radical (unpaired) electrons. The highest BCUT2D eigenvalue weighted by molar-refractivity contribution is 7.89. The Hall–Kier alpha value is -1.84. The van der Waals surface area contributed by atoms with Gasteiger partial charge in [-0.15, -0.1) is 0 Å². The summed E-state index contributed by atoms with van der Waals surface area (Å²) in [6.07, 6.45) is 4.38. The first kappa shape index (κ1) is 18.2. The summed E-state index contributed by atoms with van der Waals surface area (Å²) >= 11 is 0. The Morgan fingerprint density at radius 1 is 1.18 bits per heavy atom. The van der Waals surface area contributed by atoms with Crippen LogP contribution in [0.15, 0.2) is 24.4 Å². The quantitative estimate of drug-likeness (QED) is 0.838. The minimum absolute atomic E-state index is 0.156. The van der Waals surface area contributed by atoms with Gasteiger partial charge in [0.1, 0.15) is 11.6 Å². The van der Waals surface area contributed by atoms with Crippen molar-refractivity contribution in [3.63, 3.8) is 0 Å². The monoisotopic (exact) mass is 408 g/mol. The molecule has 1 unspecified atom stereocenters. The van der Waals surface area contributed by atoms with Gasteiger partial charge < -0.3 is 5.73 Å². The third kappa shape index (κ3) is 2.87. The van der Waals surface area contributed by atoms with Crippen LogP contribution >= 0.6 is 0 Å². The summed E-state index contributed by atoms with van der Waals surface area (Å²) in [6.45, 7) is 1.24. The van der Waals surface area contributed by atoms with Crippen LogP contribution in [0.2, 0.25) is 0 Å². The maximum absolute atomic E-state index is 14.3. The summed E-state index contributed by atoms with van der Waals surface area (Å²) in [7, 11) is -3.38. The number of halogens is 2. The largest absolute Gasteiger partial charge is 0.327 e. The van der Waals surface area contributed by atoms with E-state index in [1.807, 2.05) is 0 Å². The van der Waals surface area contributed by atoms with Crippen molar-refractivity contribution in [2.75, 3.05) is 6.26 Å². The summed E-state index contributed by atoms with van der Waals surface area (Å²) < 4.78 is 52.3. The number of aromatic nitrogens is 2. The molecule has 0 bridgehead atoms. The first-order valence-corrected chi connectivity index (χ1v) is 11.3. The third-order valence-corrected chi connectivity index (χ3v) is 7.40. The van der Waals surface area contributed by atoms with Crippen molar-refractivity contribution in [1.29, 1.82) is 0 Å². The highest BCUT2D eigenvalue weighted by atomic mass is 32.2. The van der Waals surface area contributed by atoms with Crippen LogP contribution in [0.3, 0.4) is 0 Å². The molecule has 0 spiro atoms. The van der Waals surface area contributed by atoms with Crippen LogP contribution in [0.25, 0.3) is 0 Å². The van der Waals surface area contributed by atoms with Gasteiger partial charge in [-0.2, -0.15) is 9.19 Å². The molecule has 2 aromatic rings. The standard InChI is InChI=1S/C19H22F2N4O2S/c1-28(26,27)25-8-10-7-24(9-17(10)23-25)18-6-16(22)19(13-5-12(13)18)14-4-11(20)2-3-15(14)21/h2-4,8,12-13,16,18-19H,5-7,9,22H2,1H3/t12?,13-,16-,18+,19+/m0/s1. The van der Waals surface area contributed by atoms with Crippen LogP contribution in [-0.2, 0) is 23.1 Å². The molecule has 5 rings (SSSR count). The van der Waals surface area contributed by atoms with E-state index >= 15 is 0 Å². The minimum Gasteiger partial charge on any atom is -0.327 e. The fourth-order valence-corrected chi connectivity index (χ4v) is 5.78. The van der Waals surface area contributed by atoms with E-state index in [1.165, 1.54) is 12.1 Å². The lowest BCUT2D eigenvalue weighted by Crippen LogP contribution is -2.45. The molecule has 2 fully saturated rings. The van der Waals surface area contributed by atoms with Gasteiger partial charge in [-0.3, -0.25) is 4.90 Å². The molecule has 1 aromatic carbocycles. The van der Waals surface area contributed by atoms with Gasteiger partial charge in [-0.05, 0) is 48.4 Å². The van der Waals surface area contributed by atoms with Crippen LogP contribution in [0.5, 0.6) is 0 Å². The normalized spacial score (nSPS) is 32.2. The molecule has 3 aliphatic rings. The summed E-state index contributed by atoms with van der Waals surface area (Å²) in [5.74, 6) is -0.318. The lowest BCUT2D eigenvalue weighted by Gasteiger charge is -2.38. The van der Waals surface area contributed by atoms with Gasteiger partial charge in [0.05, 0.1) is 11.9 Å². The van der Waals surface area contributed by atoms with Gasteiger partial charge in [0.25, 0.3) is 10.0 Å². The lowest BCUT2D eigenvalue weighted by molar-refractivity contribution is 0.125. The SMILES string of the molecule is CS(=O)(=O)n1cc2c(n1)CN([C@@H]1C[C@H](N)[C@@H](c3cc(F)ccc3F)[C@H]3CC13)C2. The molecule has 28 heavy (non-hydrogen) atoms. The first-order chi connectivity index (χ1) is 13.2. The maximum Gasteiger partial charge on any atom is 0.250 e. The van der Waals surface area contributed by atoms with Crippen LogP contribution in [0, 0.1) is 23.5 Å². The minimum atomic E-state index is -3.38. The molecule has 6 nitrogen and oxygen atoms in total. The van der Waals surface area contributed by atoms with E-state index in [2.05, 4.69) is 10.00 Å². The van der Waals surface area contributed by atoms with Crippen LogP contribution in [0.1, 0.15) is 35.6 Å². The molecule has 0 amide bonds. The number of benzene rings is 1. The summed E-state index contributed by atoms with van der Waals surface area (Å²) in [5.41, 5.74) is 8.56. The molecule has 2 aliphatic carbocycles. The van der Waals surface area contributed by atoms with E-state index in [9.17, 15) is 17.2 Å². The molecule has 2 heterocycles. The van der Waals surface area contributed by atoms with Crippen LogP contribution < -0.4 is 5.73 Å². The second-order valence-electron chi connectivity index (χ2n) is 8.36. The molecule has 2 N–H and O–H groups in total. The molecule has 1 aliphatic heterocycles. The first-order valence-electron chi connectivity index (χ1n) is 9.45. The fraction of sp³-hybridized carbons (Fsp3) is 0.526. The second kappa shape index (κ2) is 6.08. The highest BCUT2D eigenvalue weighted by Crippen LogP contribution is 2.58. The number of hydrogen-bond donors (Lipinski definition) is 1. The number of hydrogen-bond acceptors (Lipinski definition) is 5. The fourth-order valence-electron chi connectivity index (χ4n) is 5.22.